The van der Waals surface area contributed by atoms with Gasteiger partial charge in [0.2, 0.25) is 5.88 Å². The number of aromatic nitrogens is 3. The van der Waals surface area contributed by atoms with Crippen molar-refractivity contribution in [3.05, 3.63) is 71.2 Å². The third-order valence-corrected chi connectivity index (χ3v) is 4.72. The second-order valence-electron chi connectivity index (χ2n) is 7.95. The Hall–Kier alpha value is -3.59. The molecular weight excluding hydrogens is 364 g/mol. The zero-order valence-corrected chi connectivity index (χ0v) is 16.7. The summed E-state index contributed by atoms with van der Waals surface area (Å²) >= 11 is 0. The van der Waals surface area contributed by atoms with Crippen molar-refractivity contribution < 1.29 is 9.53 Å². The molecule has 0 aliphatic carbocycles. The Morgan fingerprint density at radius 2 is 2.10 bits per heavy atom. The summed E-state index contributed by atoms with van der Waals surface area (Å²) in [6.07, 6.45) is 5.05. The van der Waals surface area contributed by atoms with Crippen molar-refractivity contribution in [2.45, 2.75) is 27.3 Å². The molecule has 0 saturated heterocycles. The molecule has 6 nitrogen and oxygen atoms in total. The monoisotopic (exact) mass is 386 g/mol. The number of ether oxygens (including phenoxy) is 1. The van der Waals surface area contributed by atoms with Crippen LogP contribution in [0.1, 0.15) is 40.9 Å². The molecule has 0 bridgehead atoms. The average molecular weight is 386 g/mol. The zero-order valence-electron chi connectivity index (χ0n) is 16.7. The molecular formula is C23H22N4O2. The summed E-state index contributed by atoms with van der Waals surface area (Å²) in [5, 5.41) is 7.25. The van der Waals surface area contributed by atoms with Gasteiger partial charge in [0.15, 0.2) is 0 Å². The van der Waals surface area contributed by atoms with Crippen LogP contribution in [0, 0.1) is 24.2 Å². The van der Waals surface area contributed by atoms with Crippen LogP contribution in [0.2, 0.25) is 0 Å². The predicted molar refractivity (Wildman–Crippen MR) is 111 cm³/mol. The van der Waals surface area contributed by atoms with E-state index in [4.69, 9.17) is 4.74 Å². The Morgan fingerprint density at radius 1 is 1.24 bits per heavy atom. The summed E-state index contributed by atoms with van der Waals surface area (Å²) in [7, 11) is 0. The number of anilines is 1. The minimum atomic E-state index is -0.223. The first-order valence-electron chi connectivity index (χ1n) is 9.44. The normalized spacial score (nSPS) is 14.2. The molecule has 2 aromatic heterocycles. The lowest BCUT2D eigenvalue weighted by Crippen LogP contribution is -2.33. The molecule has 0 unspecified atom stereocenters. The lowest BCUT2D eigenvalue weighted by atomic mass is 9.94. The first kappa shape index (κ1) is 18.8. The van der Waals surface area contributed by atoms with Gasteiger partial charge in [0.1, 0.15) is 5.69 Å². The van der Waals surface area contributed by atoms with Crippen molar-refractivity contribution >= 4 is 11.6 Å². The molecule has 0 spiro atoms. The number of amides is 1. The molecule has 29 heavy (non-hydrogen) atoms. The number of nitrogens with zero attached hydrogens (tertiary/aromatic N) is 3. The van der Waals surface area contributed by atoms with Crippen LogP contribution in [-0.4, -0.2) is 27.3 Å². The number of nitrogens with one attached hydrogen (secondary N) is 1. The highest BCUT2D eigenvalue weighted by Gasteiger charge is 2.29. The zero-order chi connectivity index (χ0) is 20.4. The van der Waals surface area contributed by atoms with Gasteiger partial charge < -0.3 is 10.1 Å². The second-order valence-corrected chi connectivity index (χ2v) is 7.95. The van der Waals surface area contributed by atoms with E-state index in [2.05, 4.69) is 41.1 Å². The fourth-order valence-electron chi connectivity index (χ4n) is 3.11. The molecule has 146 valence electrons. The molecule has 3 aromatic rings. The van der Waals surface area contributed by atoms with Crippen LogP contribution < -0.4 is 10.1 Å². The van der Waals surface area contributed by atoms with Crippen molar-refractivity contribution in [2.24, 2.45) is 5.41 Å². The van der Waals surface area contributed by atoms with Crippen LogP contribution in [0.3, 0.4) is 0 Å². The summed E-state index contributed by atoms with van der Waals surface area (Å²) in [5.41, 5.74) is 3.76. The smallest absolute Gasteiger partial charge is 0.255 e. The van der Waals surface area contributed by atoms with Crippen LogP contribution in [0.15, 0.2) is 48.9 Å². The van der Waals surface area contributed by atoms with Gasteiger partial charge in [0.25, 0.3) is 5.91 Å². The molecule has 1 N–H and O–H groups in total. The van der Waals surface area contributed by atoms with Gasteiger partial charge >= 0.3 is 0 Å². The number of hydrogen-bond acceptors (Lipinski definition) is 4. The number of aryl methyl sites for hydroxylation is 1. The Morgan fingerprint density at radius 3 is 2.90 bits per heavy atom. The molecule has 0 fully saturated rings. The number of fused-ring (bicyclic) bond motifs is 1. The van der Waals surface area contributed by atoms with Gasteiger partial charge in [-0.15, -0.1) is 0 Å². The molecule has 1 amide bonds. The first-order valence-corrected chi connectivity index (χ1v) is 9.44. The van der Waals surface area contributed by atoms with Gasteiger partial charge in [0.05, 0.1) is 19.3 Å². The first-order chi connectivity index (χ1) is 13.9. The van der Waals surface area contributed by atoms with Gasteiger partial charge in [0, 0.05) is 34.5 Å². The number of carbonyl (C=O) groups excluding carboxylic acids is 1. The molecule has 1 aromatic carbocycles. The molecule has 0 atom stereocenters. The van der Waals surface area contributed by atoms with Gasteiger partial charge in [-0.05, 0) is 36.8 Å². The summed E-state index contributed by atoms with van der Waals surface area (Å²) in [6.45, 7) is 7.54. The summed E-state index contributed by atoms with van der Waals surface area (Å²) in [6, 6.07) is 9.23. The van der Waals surface area contributed by atoms with Crippen LogP contribution in [0.5, 0.6) is 5.88 Å². The maximum Gasteiger partial charge on any atom is 0.255 e. The van der Waals surface area contributed by atoms with Crippen LogP contribution in [0.4, 0.5) is 5.69 Å². The standard InChI is InChI=1S/C23H22N4O2/c1-16-6-8-19(11-18(16)9-7-17-5-4-10-24-12-17)21(28)26-20-13-25-27-14-23(2,3)15-29-22(20)27/h4-6,8,10-13H,14-15H2,1-3H3,(H,26,28). The Labute approximate surface area is 169 Å². The number of hydrogen-bond donors (Lipinski definition) is 1. The number of carbonyl (C=O) groups is 1. The van der Waals surface area contributed by atoms with E-state index >= 15 is 0 Å². The maximum atomic E-state index is 12.8. The molecule has 1 aliphatic rings. The minimum Gasteiger partial charge on any atom is -0.476 e. The van der Waals surface area contributed by atoms with Crippen LogP contribution >= 0.6 is 0 Å². The summed E-state index contributed by atoms with van der Waals surface area (Å²) in [5.74, 6) is 6.59. The molecule has 1 aliphatic heterocycles. The second kappa shape index (κ2) is 7.44. The highest BCUT2D eigenvalue weighted by atomic mass is 16.5. The van der Waals surface area contributed by atoms with E-state index < -0.39 is 0 Å². The molecule has 0 radical (unpaired) electrons. The van der Waals surface area contributed by atoms with E-state index in [1.807, 2.05) is 25.1 Å². The number of benzene rings is 1. The van der Waals surface area contributed by atoms with Gasteiger partial charge in [-0.3, -0.25) is 9.78 Å². The summed E-state index contributed by atoms with van der Waals surface area (Å²) in [4.78, 5) is 16.9. The SMILES string of the molecule is Cc1ccc(C(=O)Nc2cnn3c2OCC(C)(C)C3)cc1C#Cc1cccnc1. The minimum absolute atomic E-state index is 0.0130. The third kappa shape index (κ3) is 4.14. The summed E-state index contributed by atoms with van der Waals surface area (Å²) < 4.78 is 7.63. The molecule has 4 rings (SSSR count). The van der Waals surface area contributed by atoms with Crippen molar-refractivity contribution in [3.63, 3.8) is 0 Å². The van der Waals surface area contributed by atoms with Gasteiger partial charge in [-0.2, -0.15) is 5.10 Å². The van der Waals surface area contributed by atoms with E-state index in [0.29, 0.717) is 23.7 Å². The fourth-order valence-corrected chi connectivity index (χ4v) is 3.11. The highest BCUT2D eigenvalue weighted by Crippen LogP contribution is 2.33. The fraction of sp³-hybridized carbons (Fsp3) is 0.261. The van der Waals surface area contributed by atoms with Gasteiger partial charge in [-0.1, -0.05) is 31.8 Å². The van der Waals surface area contributed by atoms with E-state index in [-0.39, 0.29) is 11.3 Å². The number of pyridine rings is 1. The Balaban J connectivity index is 1.55. The van der Waals surface area contributed by atoms with Crippen molar-refractivity contribution in [1.82, 2.24) is 14.8 Å². The van der Waals surface area contributed by atoms with Crippen molar-refractivity contribution in [1.29, 1.82) is 0 Å². The quantitative estimate of drug-likeness (QED) is 0.683. The van der Waals surface area contributed by atoms with E-state index in [9.17, 15) is 4.79 Å². The highest BCUT2D eigenvalue weighted by molar-refractivity contribution is 6.05. The number of rotatable bonds is 2. The lowest BCUT2D eigenvalue weighted by Gasteiger charge is -2.30. The van der Waals surface area contributed by atoms with Crippen LogP contribution in [0.25, 0.3) is 0 Å². The molecule has 0 saturated carbocycles. The lowest BCUT2D eigenvalue weighted by molar-refractivity contribution is 0.0991. The average Bonchev–Trinajstić information content (AvgIpc) is 3.08. The van der Waals surface area contributed by atoms with Crippen LogP contribution in [-0.2, 0) is 6.54 Å². The largest absolute Gasteiger partial charge is 0.476 e. The van der Waals surface area contributed by atoms with E-state index in [1.54, 1.807) is 35.4 Å². The van der Waals surface area contributed by atoms with E-state index in [1.165, 1.54) is 0 Å². The molecule has 6 heteroatoms. The van der Waals surface area contributed by atoms with Crippen molar-refractivity contribution in [3.8, 4) is 17.7 Å². The third-order valence-electron chi connectivity index (χ3n) is 4.72. The molecule has 3 heterocycles. The predicted octanol–water partition coefficient (Wildman–Crippen LogP) is 3.66. The van der Waals surface area contributed by atoms with Gasteiger partial charge in [-0.25, -0.2) is 4.68 Å². The Bertz CT molecular complexity index is 1120. The van der Waals surface area contributed by atoms with E-state index in [0.717, 1.165) is 23.2 Å². The Kier molecular flexibility index (Phi) is 4.81. The van der Waals surface area contributed by atoms with Crippen molar-refractivity contribution in [2.75, 3.05) is 11.9 Å². The maximum absolute atomic E-state index is 12.8. The topological polar surface area (TPSA) is 69.0 Å².